The lowest BCUT2D eigenvalue weighted by molar-refractivity contribution is -0.703. The predicted octanol–water partition coefficient (Wildman–Crippen LogP) is 2.89. The number of anilines is 1. The van der Waals surface area contributed by atoms with E-state index >= 15 is 0 Å². The van der Waals surface area contributed by atoms with E-state index in [-0.39, 0.29) is 18.5 Å². The number of para-hydroxylation sites is 1. The molecule has 1 saturated carbocycles. The molecule has 0 saturated heterocycles. The first-order valence-corrected chi connectivity index (χ1v) is 10.3. The lowest BCUT2D eigenvalue weighted by Gasteiger charge is -2.13. The van der Waals surface area contributed by atoms with E-state index in [0.29, 0.717) is 23.9 Å². The van der Waals surface area contributed by atoms with E-state index in [1.807, 2.05) is 24.3 Å². The minimum atomic E-state index is -0.375. The van der Waals surface area contributed by atoms with Crippen molar-refractivity contribution in [3.05, 3.63) is 59.7 Å². The van der Waals surface area contributed by atoms with E-state index in [9.17, 15) is 9.59 Å². The van der Waals surface area contributed by atoms with Crippen LogP contribution in [0.5, 0.6) is 5.75 Å². The molecule has 0 radical (unpaired) electrons. The molecule has 0 aliphatic heterocycles. The van der Waals surface area contributed by atoms with Crippen molar-refractivity contribution in [2.24, 2.45) is 0 Å². The van der Waals surface area contributed by atoms with Gasteiger partial charge in [-0.1, -0.05) is 12.1 Å². The predicted molar refractivity (Wildman–Crippen MR) is 111 cm³/mol. The van der Waals surface area contributed by atoms with Gasteiger partial charge in [0.25, 0.3) is 5.91 Å². The SMILES string of the molecule is CCOC(=O)c1ccc(NC(=O)COc2ccccc2C[NH2+]C2CCCC2)cc1. The highest BCUT2D eigenvalue weighted by Gasteiger charge is 2.18. The lowest BCUT2D eigenvalue weighted by atomic mass is 10.1. The number of hydrogen-bond acceptors (Lipinski definition) is 4. The molecule has 3 N–H and O–H groups in total. The maximum absolute atomic E-state index is 12.2. The second-order valence-corrected chi connectivity index (χ2v) is 7.23. The summed E-state index contributed by atoms with van der Waals surface area (Å²) in [7, 11) is 0. The van der Waals surface area contributed by atoms with Crippen molar-refractivity contribution in [1.29, 1.82) is 0 Å². The Morgan fingerprint density at radius 3 is 2.52 bits per heavy atom. The van der Waals surface area contributed by atoms with Gasteiger partial charge in [0.15, 0.2) is 6.61 Å². The summed E-state index contributed by atoms with van der Waals surface area (Å²) in [5.74, 6) is 0.123. The van der Waals surface area contributed by atoms with Crippen molar-refractivity contribution in [3.8, 4) is 5.75 Å². The standard InChI is InChI=1S/C23H28N2O4/c1-2-28-23(27)17-11-13-20(14-12-17)25-22(26)16-29-21-10-6-3-7-18(21)15-24-19-8-4-5-9-19/h3,6-7,10-14,19,24H,2,4-5,8-9,15-16H2,1H3,(H,25,26)/p+1. The summed E-state index contributed by atoms with van der Waals surface area (Å²) in [4.78, 5) is 23.9. The zero-order valence-electron chi connectivity index (χ0n) is 16.9. The van der Waals surface area contributed by atoms with Crippen LogP contribution < -0.4 is 15.4 Å². The highest BCUT2D eigenvalue weighted by Crippen LogP contribution is 2.19. The van der Waals surface area contributed by atoms with E-state index in [2.05, 4.69) is 10.6 Å². The molecule has 2 aromatic carbocycles. The first kappa shape index (κ1) is 20.9. The zero-order valence-corrected chi connectivity index (χ0v) is 16.9. The Balaban J connectivity index is 1.49. The van der Waals surface area contributed by atoms with Gasteiger partial charge < -0.3 is 20.1 Å². The summed E-state index contributed by atoms with van der Waals surface area (Å²) in [6, 6.07) is 15.2. The summed E-state index contributed by atoms with van der Waals surface area (Å²) >= 11 is 0. The summed E-state index contributed by atoms with van der Waals surface area (Å²) in [5, 5.41) is 5.16. The minimum Gasteiger partial charge on any atom is -0.483 e. The van der Waals surface area contributed by atoms with E-state index in [1.54, 1.807) is 31.2 Å². The van der Waals surface area contributed by atoms with Crippen LogP contribution in [0.4, 0.5) is 5.69 Å². The molecule has 0 atom stereocenters. The molecule has 3 rings (SSSR count). The summed E-state index contributed by atoms with van der Waals surface area (Å²) in [5.41, 5.74) is 2.16. The monoisotopic (exact) mass is 397 g/mol. The average Bonchev–Trinajstić information content (AvgIpc) is 3.26. The topological polar surface area (TPSA) is 81.2 Å². The number of ether oxygens (including phenoxy) is 2. The fourth-order valence-electron chi connectivity index (χ4n) is 3.54. The number of rotatable bonds is 9. The minimum absolute atomic E-state index is 0.0694. The second-order valence-electron chi connectivity index (χ2n) is 7.23. The van der Waals surface area contributed by atoms with Gasteiger partial charge >= 0.3 is 5.97 Å². The fraction of sp³-hybridized carbons (Fsp3) is 0.391. The molecule has 6 nitrogen and oxygen atoms in total. The van der Waals surface area contributed by atoms with Crippen molar-refractivity contribution in [3.63, 3.8) is 0 Å². The van der Waals surface area contributed by atoms with Crippen molar-refractivity contribution < 1.29 is 24.4 Å². The zero-order chi connectivity index (χ0) is 20.5. The molecule has 29 heavy (non-hydrogen) atoms. The number of esters is 1. The first-order valence-electron chi connectivity index (χ1n) is 10.3. The molecule has 1 aliphatic rings. The van der Waals surface area contributed by atoms with Crippen LogP contribution in [0.2, 0.25) is 0 Å². The van der Waals surface area contributed by atoms with Gasteiger partial charge in [0.1, 0.15) is 12.3 Å². The van der Waals surface area contributed by atoms with Crippen LogP contribution in [0.1, 0.15) is 48.5 Å². The molecule has 0 heterocycles. The Labute approximate surface area is 171 Å². The molecule has 0 bridgehead atoms. The fourth-order valence-corrected chi connectivity index (χ4v) is 3.54. The number of benzene rings is 2. The van der Waals surface area contributed by atoms with Gasteiger partial charge in [0, 0.05) is 11.3 Å². The molecular formula is C23H29N2O4+. The molecular weight excluding hydrogens is 368 g/mol. The van der Waals surface area contributed by atoms with Crippen molar-refractivity contribution in [2.45, 2.75) is 45.2 Å². The molecule has 2 aromatic rings. The van der Waals surface area contributed by atoms with Crippen LogP contribution in [0.25, 0.3) is 0 Å². The normalized spacial score (nSPS) is 13.8. The van der Waals surface area contributed by atoms with Crippen LogP contribution in [-0.2, 0) is 16.1 Å². The third-order valence-corrected chi connectivity index (χ3v) is 5.08. The number of nitrogens with two attached hydrogens (primary N) is 1. The summed E-state index contributed by atoms with van der Waals surface area (Å²) in [6.45, 7) is 2.88. The molecule has 1 aliphatic carbocycles. The third-order valence-electron chi connectivity index (χ3n) is 5.08. The second kappa shape index (κ2) is 10.6. The molecule has 6 heteroatoms. The molecule has 0 spiro atoms. The van der Waals surface area contributed by atoms with E-state index < -0.39 is 0 Å². The number of hydrogen-bond donors (Lipinski definition) is 2. The number of nitrogens with one attached hydrogen (secondary N) is 1. The quantitative estimate of drug-likeness (QED) is 0.638. The van der Waals surface area contributed by atoms with Crippen LogP contribution in [0, 0.1) is 0 Å². The van der Waals surface area contributed by atoms with E-state index in [1.165, 1.54) is 25.7 Å². The molecule has 154 valence electrons. The Morgan fingerprint density at radius 1 is 1.07 bits per heavy atom. The molecule has 0 aromatic heterocycles. The molecule has 1 amide bonds. The summed E-state index contributed by atoms with van der Waals surface area (Å²) in [6.07, 6.45) is 5.20. The van der Waals surface area contributed by atoms with Crippen molar-refractivity contribution in [1.82, 2.24) is 0 Å². The van der Waals surface area contributed by atoms with E-state index in [4.69, 9.17) is 9.47 Å². The van der Waals surface area contributed by atoms with Gasteiger partial charge in [-0.2, -0.15) is 0 Å². The van der Waals surface area contributed by atoms with Gasteiger partial charge in [0.2, 0.25) is 0 Å². The van der Waals surface area contributed by atoms with Gasteiger partial charge in [-0.3, -0.25) is 4.79 Å². The average molecular weight is 397 g/mol. The lowest BCUT2D eigenvalue weighted by Crippen LogP contribution is -2.87. The number of carbonyl (C=O) groups is 2. The van der Waals surface area contributed by atoms with Crippen molar-refractivity contribution >= 4 is 17.6 Å². The van der Waals surface area contributed by atoms with Crippen LogP contribution in [-0.4, -0.2) is 31.1 Å². The van der Waals surface area contributed by atoms with Gasteiger partial charge in [-0.15, -0.1) is 0 Å². The molecule has 1 fully saturated rings. The van der Waals surface area contributed by atoms with Crippen LogP contribution in [0.15, 0.2) is 48.5 Å². The van der Waals surface area contributed by atoms with Crippen LogP contribution >= 0.6 is 0 Å². The number of amides is 1. The van der Waals surface area contributed by atoms with Crippen LogP contribution in [0.3, 0.4) is 0 Å². The first-order chi connectivity index (χ1) is 14.2. The highest BCUT2D eigenvalue weighted by molar-refractivity contribution is 5.93. The van der Waals surface area contributed by atoms with Gasteiger partial charge in [-0.05, 0) is 69.0 Å². The van der Waals surface area contributed by atoms with Gasteiger partial charge in [-0.25, -0.2) is 4.79 Å². The molecule has 0 unspecified atom stereocenters. The number of quaternary nitrogens is 1. The van der Waals surface area contributed by atoms with E-state index in [0.717, 1.165) is 17.9 Å². The maximum Gasteiger partial charge on any atom is 0.338 e. The largest absolute Gasteiger partial charge is 0.483 e. The Morgan fingerprint density at radius 2 is 1.79 bits per heavy atom. The Bertz CT molecular complexity index is 814. The van der Waals surface area contributed by atoms with Gasteiger partial charge in [0.05, 0.1) is 18.2 Å². The van der Waals surface area contributed by atoms with Crippen molar-refractivity contribution in [2.75, 3.05) is 18.5 Å². The highest BCUT2D eigenvalue weighted by atomic mass is 16.5. The Kier molecular flexibility index (Phi) is 7.64. The summed E-state index contributed by atoms with van der Waals surface area (Å²) < 4.78 is 10.7. The maximum atomic E-state index is 12.2. The third kappa shape index (κ3) is 6.32. The Hall–Kier alpha value is -2.86. The smallest absolute Gasteiger partial charge is 0.338 e. The number of carbonyl (C=O) groups excluding carboxylic acids is 2.